The Bertz CT molecular complexity index is 899. The molecule has 1 atom stereocenters. The highest BCUT2D eigenvalue weighted by Gasteiger charge is 2.35. The Morgan fingerprint density at radius 2 is 1.89 bits per heavy atom. The van der Waals surface area contributed by atoms with Crippen molar-refractivity contribution < 1.29 is 23.5 Å². The van der Waals surface area contributed by atoms with Gasteiger partial charge >= 0.3 is 0 Å². The lowest BCUT2D eigenvalue weighted by Gasteiger charge is -2.16. The van der Waals surface area contributed by atoms with Gasteiger partial charge in [0.25, 0.3) is 0 Å². The second-order valence-electron chi connectivity index (χ2n) is 6.23. The Morgan fingerprint density at radius 3 is 2.57 bits per heavy atom. The zero-order chi connectivity index (χ0) is 20.1. The minimum Gasteiger partial charge on any atom is -0.493 e. The van der Waals surface area contributed by atoms with E-state index in [1.165, 1.54) is 42.5 Å². The van der Waals surface area contributed by atoms with Crippen molar-refractivity contribution in [1.29, 1.82) is 0 Å². The Morgan fingerprint density at radius 1 is 1.18 bits per heavy atom. The maximum Gasteiger partial charge on any atom is 0.245 e. The first-order valence-electron chi connectivity index (χ1n) is 8.62. The van der Waals surface area contributed by atoms with Crippen LogP contribution < -0.4 is 19.8 Å². The maximum absolute atomic E-state index is 13.0. The number of nitrogens with one attached hydrogen (secondary N) is 1. The number of benzene rings is 2. The van der Waals surface area contributed by atoms with Gasteiger partial charge in [-0.3, -0.25) is 9.59 Å². The van der Waals surface area contributed by atoms with Gasteiger partial charge in [0.2, 0.25) is 11.8 Å². The molecule has 0 aliphatic carbocycles. The molecule has 1 aliphatic rings. The van der Waals surface area contributed by atoms with Gasteiger partial charge in [0, 0.05) is 18.7 Å². The van der Waals surface area contributed by atoms with Gasteiger partial charge in [0.15, 0.2) is 11.5 Å². The van der Waals surface area contributed by atoms with Gasteiger partial charge in [-0.2, -0.15) is 5.10 Å². The predicted molar refractivity (Wildman–Crippen MR) is 102 cm³/mol. The third-order valence-electron chi connectivity index (χ3n) is 4.43. The number of carbonyl (C=O) groups is 2. The molecular weight excluding hydrogens is 365 g/mol. The highest BCUT2D eigenvalue weighted by Crippen LogP contribution is 2.27. The van der Waals surface area contributed by atoms with E-state index in [1.807, 2.05) is 0 Å². The SMILES string of the molecule is COc1ccc(/C=N\NC(=O)[C@H]2CC(=O)N(c3ccc(F)cc3)C2)cc1OC. The molecular formula is C20H20FN3O4. The summed E-state index contributed by atoms with van der Waals surface area (Å²) in [6, 6.07) is 10.8. The number of halogens is 1. The van der Waals surface area contributed by atoms with E-state index in [2.05, 4.69) is 10.5 Å². The average molecular weight is 385 g/mol. The van der Waals surface area contributed by atoms with Crippen LogP contribution >= 0.6 is 0 Å². The van der Waals surface area contributed by atoms with Crippen LogP contribution in [0.1, 0.15) is 12.0 Å². The minimum absolute atomic E-state index is 0.0785. The third-order valence-corrected chi connectivity index (χ3v) is 4.43. The summed E-state index contributed by atoms with van der Waals surface area (Å²) in [6.45, 7) is 0.224. The molecule has 0 spiro atoms. The van der Waals surface area contributed by atoms with Crippen LogP contribution in [0.5, 0.6) is 11.5 Å². The third kappa shape index (κ3) is 4.28. The molecule has 146 valence electrons. The van der Waals surface area contributed by atoms with Crippen LogP contribution in [0.3, 0.4) is 0 Å². The van der Waals surface area contributed by atoms with Gasteiger partial charge in [0.05, 0.1) is 26.4 Å². The largest absolute Gasteiger partial charge is 0.493 e. The monoisotopic (exact) mass is 385 g/mol. The molecule has 0 bridgehead atoms. The van der Waals surface area contributed by atoms with E-state index in [-0.39, 0.29) is 30.6 Å². The van der Waals surface area contributed by atoms with E-state index in [0.29, 0.717) is 22.7 Å². The van der Waals surface area contributed by atoms with E-state index in [0.717, 1.165) is 0 Å². The molecule has 1 heterocycles. The molecule has 1 fully saturated rings. The Hall–Kier alpha value is -3.42. The fraction of sp³-hybridized carbons (Fsp3) is 0.250. The number of anilines is 1. The van der Waals surface area contributed by atoms with Crippen LogP contribution in [-0.2, 0) is 9.59 Å². The zero-order valence-electron chi connectivity index (χ0n) is 15.5. The topological polar surface area (TPSA) is 80.2 Å². The first kappa shape index (κ1) is 19.3. The summed E-state index contributed by atoms with van der Waals surface area (Å²) >= 11 is 0. The van der Waals surface area contributed by atoms with E-state index < -0.39 is 5.92 Å². The minimum atomic E-state index is -0.528. The maximum atomic E-state index is 13.0. The van der Waals surface area contributed by atoms with Crippen molar-refractivity contribution in [2.75, 3.05) is 25.7 Å². The van der Waals surface area contributed by atoms with E-state index >= 15 is 0 Å². The molecule has 8 heteroatoms. The van der Waals surface area contributed by atoms with Crippen molar-refractivity contribution in [3.63, 3.8) is 0 Å². The van der Waals surface area contributed by atoms with E-state index in [9.17, 15) is 14.0 Å². The number of methoxy groups -OCH3 is 2. The summed E-state index contributed by atoms with van der Waals surface area (Å²) in [5.41, 5.74) is 3.74. The molecule has 1 aliphatic heterocycles. The van der Waals surface area contributed by atoms with Crippen molar-refractivity contribution in [3.05, 3.63) is 53.8 Å². The van der Waals surface area contributed by atoms with Gasteiger partial charge in [0.1, 0.15) is 5.82 Å². The highest BCUT2D eigenvalue weighted by atomic mass is 19.1. The lowest BCUT2D eigenvalue weighted by molar-refractivity contribution is -0.126. The molecule has 2 aromatic carbocycles. The van der Waals surface area contributed by atoms with Crippen LogP contribution in [0.2, 0.25) is 0 Å². The molecule has 3 rings (SSSR count). The standard InChI is InChI=1S/C20H20FN3O4/c1-27-17-8-3-13(9-18(17)28-2)11-22-23-20(26)14-10-19(25)24(12-14)16-6-4-15(21)5-7-16/h3-9,11,14H,10,12H2,1-2H3,(H,23,26)/b22-11-/t14-/m0/s1. The van der Waals surface area contributed by atoms with Gasteiger partial charge in [-0.1, -0.05) is 0 Å². The average Bonchev–Trinajstić information content (AvgIpc) is 3.10. The molecule has 0 radical (unpaired) electrons. The number of hydrogen-bond donors (Lipinski definition) is 1. The van der Waals surface area contributed by atoms with Gasteiger partial charge in [-0.15, -0.1) is 0 Å². The van der Waals surface area contributed by atoms with Crippen LogP contribution in [0.15, 0.2) is 47.6 Å². The normalized spacial score (nSPS) is 16.5. The molecule has 1 saturated heterocycles. The first-order chi connectivity index (χ1) is 13.5. The molecule has 2 aromatic rings. The molecule has 7 nitrogen and oxygen atoms in total. The number of ether oxygens (including phenoxy) is 2. The molecule has 0 unspecified atom stereocenters. The summed E-state index contributed by atoms with van der Waals surface area (Å²) in [5, 5.41) is 3.95. The van der Waals surface area contributed by atoms with Gasteiger partial charge in [-0.25, -0.2) is 9.82 Å². The van der Waals surface area contributed by atoms with Crippen molar-refractivity contribution in [3.8, 4) is 11.5 Å². The van der Waals surface area contributed by atoms with Crippen molar-refractivity contribution in [1.82, 2.24) is 5.43 Å². The Balaban J connectivity index is 1.60. The highest BCUT2D eigenvalue weighted by molar-refractivity contribution is 6.00. The summed E-state index contributed by atoms with van der Waals surface area (Å²) in [7, 11) is 3.08. The number of hydrazone groups is 1. The molecule has 1 N–H and O–H groups in total. The van der Waals surface area contributed by atoms with Crippen LogP contribution in [-0.4, -0.2) is 38.8 Å². The first-order valence-corrected chi connectivity index (χ1v) is 8.62. The lowest BCUT2D eigenvalue weighted by atomic mass is 10.1. The number of carbonyl (C=O) groups excluding carboxylic acids is 2. The Kier molecular flexibility index (Phi) is 5.88. The van der Waals surface area contributed by atoms with Crippen LogP contribution in [0, 0.1) is 11.7 Å². The zero-order valence-corrected chi connectivity index (χ0v) is 15.5. The summed E-state index contributed by atoms with van der Waals surface area (Å²) < 4.78 is 23.4. The van der Waals surface area contributed by atoms with E-state index in [1.54, 1.807) is 25.3 Å². The van der Waals surface area contributed by atoms with Crippen LogP contribution in [0.25, 0.3) is 0 Å². The lowest BCUT2D eigenvalue weighted by Crippen LogP contribution is -2.30. The van der Waals surface area contributed by atoms with Crippen molar-refractivity contribution >= 4 is 23.7 Å². The van der Waals surface area contributed by atoms with E-state index in [4.69, 9.17) is 9.47 Å². The number of rotatable bonds is 6. The quantitative estimate of drug-likeness (QED) is 0.611. The number of nitrogens with zero attached hydrogens (tertiary/aromatic N) is 2. The smallest absolute Gasteiger partial charge is 0.245 e. The van der Waals surface area contributed by atoms with Crippen molar-refractivity contribution in [2.45, 2.75) is 6.42 Å². The van der Waals surface area contributed by atoms with Crippen LogP contribution in [0.4, 0.5) is 10.1 Å². The molecule has 0 aromatic heterocycles. The fourth-order valence-corrected chi connectivity index (χ4v) is 2.95. The van der Waals surface area contributed by atoms with Gasteiger partial charge < -0.3 is 14.4 Å². The molecule has 28 heavy (non-hydrogen) atoms. The second kappa shape index (κ2) is 8.51. The molecule has 2 amide bonds. The summed E-state index contributed by atoms with van der Waals surface area (Å²) in [4.78, 5) is 26.0. The number of hydrogen-bond acceptors (Lipinski definition) is 5. The molecule has 0 saturated carbocycles. The second-order valence-corrected chi connectivity index (χ2v) is 6.23. The predicted octanol–water partition coefficient (Wildman–Crippen LogP) is 2.35. The van der Waals surface area contributed by atoms with Crippen molar-refractivity contribution in [2.24, 2.45) is 11.0 Å². The number of amides is 2. The summed E-state index contributed by atoms with van der Waals surface area (Å²) in [5.74, 6) is -0.303. The fourth-order valence-electron chi connectivity index (χ4n) is 2.95. The summed E-state index contributed by atoms with van der Waals surface area (Å²) in [6.07, 6.45) is 1.56. The van der Waals surface area contributed by atoms with Gasteiger partial charge in [-0.05, 0) is 48.0 Å². The Labute approximate surface area is 161 Å².